The number of rotatable bonds is 1. The summed E-state index contributed by atoms with van der Waals surface area (Å²) >= 11 is 0. The maximum absolute atomic E-state index is 12.2. The van der Waals surface area contributed by atoms with Crippen molar-refractivity contribution in [1.82, 2.24) is 4.90 Å². The average Bonchev–Trinajstić information content (AvgIpc) is 2.30. The molecule has 0 aromatic carbocycles. The second-order valence-electron chi connectivity index (χ2n) is 5.15. The van der Waals surface area contributed by atoms with Crippen LogP contribution < -0.4 is 5.32 Å². The maximum Gasteiger partial charge on any atom is 0.226 e. The number of quaternary nitrogens is 1. The van der Waals surface area contributed by atoms with Crippen molar-refractivity contribution in [3.05, 3.63) is 0 Å². The normalized spacial score (nSPS) is 25.5. The van der Waals surface area contributed by atoms with E-state index in [0.29, 0.717) is 11.8 Å². The number of carbonyl (C=O) groups excluding carboxylic acids is 1. The van der Waals surface area contributed by atoms with Gasteiger partial charge < -0.3 is 10.2 Å². The van der Waals surface area contributed by atoms with Crippen molar-refractivity contribution < 1.29 is 10.1 Å². The second kappa shape index (κ2) is 4.97. The van der Waals surface area contributed by atoms with Gasteiger partial charge in [-0.25, -0.2) is 0 Å². The lowest BCUT2D eigenvalue weighted by Crippen LogP contribution is -2.86. The van der Waals surface area contributed by atoms with Crippen molar-refractivity contribution in [1.29, 1.82) is 0 Å². The zero-order valence-corrected chi connectivity index (χ0v) is 9.74. The highest BCUT2D eigenvalue weighted by Gasteiger charge is 2.28. The minimum absolute atomic E-state index is 0.336. The highest BCUT2D eigenvalue weighted by Crippen LogP contribution is 2.20. The molecule has 2 rings (SSSR count). The lowest BCUT2D eigenvalue weighted by molar-refractivity contribution is -0.664. The zero-order valence-electron chi connectivity index (χ0n) is 9.74. The van der Waals surface area contributed by atoms with Gasteiger partial charge in [0.15, 0.2) is 0 Å². The molecule has 3 heteroatoms. The molecule has 15 heavy (non-hydrogen) atoms. The molecule has 2 heterocycles. The molecule has 2 saturated heterocycles. The molecule has 86 valence electrons. The zero-order chi connectivity index (χ0) is 10.7. The summed E-state index contributed by atoms with van der Waals surface area (Å²) in [7, 11) is 0. The summed E-state index contributed by atoms with van der Waals surface area (Å²) in [6.07, 6.45) is 4.57. The molecular weight excluding hydrogens is 188 g/mol. The largest absolute Gasteiger partial charge is 0.346 e. The van der Waals surface area contributed by atoms with Crippen LogP contribution >= 0.6 is 0 Å². The number of nitrogens with zero attached hydrogens (tertiary/aromatic N) is 1. The van der Waals surface area contributed by atoms with Gasteiger partial charge in [0.1, 0.15) is 0 Å². The van der Waals surface area contributed by atoms with Gasteiger partial charge in [0.2, 0.25) is 5.91 Å². The minimum atomic E-state index is 0.336. The molecule has 0 atom stereocenters. The Hall–Kier alpha value is -0.570. The molecule has 0 radical (unpaired) electrons. The highest BCUT2D eigenvalue weighted by atomic mass is 16.2. The van der Waals surface area contributed by atoms with Gasteiger partial charge in [-0.05, 0) is 18.8 Å². The van der Waals surface area contributed by atoms with Crippen LogP contribution in [0.3, 0.4) is 0 Å². The first-order valence-electron chi connectivity index (χ1n) is 6.38. The number of likely N-dealkylation sites (tertiary alicyclic amines) is 1. The lowest BCUT2D eigenvalue weighted by Gasteiger charge is -2.33. The van der Waals surface area contributed by atoms with Crippen LogP contribution in [0.4, 0.5) is 0 Å². The maximum atomic E-state index is 12.2. The van der Waals surface area contributed by atoms with Crippen molar-refractivity contribution >= 4 is 5.91 Å². The van der Waals surface area contributed by atoms with E-state index in [1.807, 2.05) is 0 Å². The molecule has 2 fully saturated rings. The number of hydrogen-bond acceptors (Lipinski definition) is 1. The molecule has 2 aliphatic heterocycles. The predicted molar refractivity (Wildman–Crippen MR) is 59.4 cm³/mol. The standard InChI is InChI=1S/C12H22N2O/c1-10-4-8-14(9-5-10)12(15)11-2-6-13-7-3-11/h10-11,13H,2-9H2,1H3/p+1. The highest BCUT2D eigenvalue weighted by molar-refractivity contribution is 5.79. The van der Waals surface area contributed by atoms with E-state index in [9.17, 15) is 4.79 Å². The van der Waals surface area contributed by atoms with Crippen LogP contribution in [-0.2, 0) is 4.79 Å². The fraction of sp³-hybridized carbons (Fsp3) is 0.917. The molecule has 0 aromatic rings. The van der Waals surface area contributed by atoms with Gasteiger partial charge in [-0.3, -0.25) is 4.79 Å². The van der Waals surface area contributed by atoms with Gasteiger partial charge in [-0.1, -0.05) is 6.92 Å². The Balaban J connectivity index is 1.84. The van der Waals surface area contributed by atoms with Crippen LogP contribution in [0.2, 0.25) is 0 Å². The number of hydrogen-bond donors (Lipinski definition) is 1. The number of carbonyl (C=O) groups is 1. The minimum Gasteiger partial charge on any atom is -0.346 e. The molecule has 2 aliphatic rings. The van der Waals surface area contributed by atoms with Crippen LogP contribution in [0.1, 0.15) is 32.6 Å². The van der Waals surface area contributed by atoms with Gasteiger partial charge in [0.25, 0.3) is 0 Å². The molecule has 0 saturated carbocycles. The summed E-state index contributed by atoms with van der Waals surface area (Å²) in [5.74, 6) is 1.59. The molecule has 3 nitrogen and oxygen atoms in total. The van der Waals surface area contributed by atoms with Crippen LogP contribution in [0.15, 0.2) is 0 Å². The Morgan fingerprint density at radius 2 is 1.73 bits per heavy atom. The van der Waals surface area contributed by atoms with E-state index in [-0.39, 0.29) is 0 Å². The Morgan fingerprint density at radius 3 is 2.33 bits per heavy atom. The summed E-state index contributed by atoms with van der Waals surface area (Å²) in [6.45, 7) is 6.57. The average molecular weight is 211 g/mol. The topological polar surface area (TPSA) is 36.9 Å². The summed E-state index contributed by atoms with van der Waals surface area (Å²) in [4.78, 5) is 14.3. The number of piperidine rings is 2. The first-order chi connectivity index (χ1) is 7.27. The monoisotopic (exact) mass is 211 g/mol. The van der Waals surface area contributed by atoms with E-state index in [4.69, 9.17) is 0 Å². The molecule has 1 amide bonds. The first kappa shape index (κ1) is 10.9. The SMILES string of the molecule is CC1CCN(C(=O)C2CC[NH2+]CC2)CC1. The van der Waals surface area contributed by atoms with E-state index < -0.39 is 0 Å². The van der Waals surface area contributed by atoms with Crippen LogP contribution in [-0.4, -0.2) is 37.0 Å². The smallest absolute Gasteiger partial charge is 0.226 e. The Kier molecular flexibility index (Phi) is 3.62. The lowest BCUT2D eigenvalue weighted by atomic mass is 9.93. The Labute approximate surface area is 92.2 Å². The second-order valence-corrected chi connectivity index (χ2v) is 5.15. The van der Waals surface area contributed by atoms with E-state index in [1.54, 1.807) is 0 Å². The van der Waals surface area contributed by atoms with Gasteiger partial charge in [0.05, 0.1) is 13.1 Å². The molecule has 0 bridgehead atoms. The molecular formula is C12H23N2O+. The molecule has 0 unspecified atom stereocenters. The summed E-state index contributed by atoms with van der Waals surface area (Å²) in [6, 6.07) is 0. The van der Waals surface area contributed by atoms with Gasteiger partial charge >= 0.3 is 0 Å². The third kappa shape index (κ3) is 2.71. The van der Waals surface area contributed by atoms with E-state index in [0.717, 1.165) is 44.9 Å². The van der Waals surface area contributed by atoms with E-state index in [1.165, 1.54) is 12.8 Å². The van der Waals surface area contributed by atoms with Crippen molar-refractivity contribution in [3.63, 3.8) is 0 Å². The van der Waals surface area contributed by atoms with Gasteiger partial charge in [0, 0.05) is 31.8 Å². The van der Waals surface area contributed by atoms with Crippen molar-refractivity contribution in [3.8, 4) is 0 Å². The molecule has 2 N–H and O–H groups in total. The molecule has 0 aliphatic carbocycles. The fourth-order valence-corrected chi connectivity index (χ4v) is 2.66. The summed E-state index contributed by atoms with van der Waals surface area (Å²) in [5.41, 5.74) is 0. The Morgan fingerprint density at radius 1 is 1.13 bits per heavy atom. The van der Waals surface area contributed by atoms with E-state index >= 15 is 0 Å². The third-order valence-electron chi connectivity index (χ3n) is 3.88. The third-order valence-corrected chi connectivity index (χ3v) is 3.88. The fourth-order valence-electron chi connectivity index (χ4n) is 2.66. The van der Waals surface area contributed by atoms with E-state index in [2.05, 4.69) is 17.1 Å². The number of nitrogens with two attached hydrogens (primary N) is 1. The number of amides is 1. The van der Waals surface area contributed by atoms with Crippen LogP contribution in [0.25, 0.3) is 0 Å². The summed E-state index contributed by atoms with van der Waals surface area (Å²) in [5, 5.41) is 2.32. The molecule has 0 aromatic heterocycles. The van der Waals surface area contributed by atoms with Crippen molar-refractivity contribution in [2.75, 3.05) is 26.2 Å². The first-order valence-corrected chi connectivity index (χ1v) is 6.38. The van der Waals surface area contributed by atoms with Crippen molar-refractivity contribution in [2.45, 2.75) is 32.6 Å². The Bertz CT molecular complexity index is 216. The van der Waals surface area contributed by atoms with Crippen LogP contribution in [0.5, 0.6) is 0 Å². The van der Waals surface area contributed by atoms with Gasteiger partial charge in [-0.15, -0.1) is 0 Å². The predicted octanol–water partition coefficient (Wildman–Crippen LogP) is 0.218. The van der Waals surface area contributed by atoms with Crippen LogP contribution in [0, 0.1) is 11.8 Å². The quantitative estimate of drug-likeness (QED) is 0.662. The molecule has 0 spiro atoms. The summed E-state index contributed by atoms with van der Waals surface area (Å²) < 4.78 is 0. The van der Waals surface area contributed by atoms with Gasteiger partial charge in [-0.2, -0.15) is 0 Å². The van der Waals surface area contributed by atoms with Crippen molar-refractivity contribution in [2.24, 2.45) is 11.8 Å².